The molecule has 0 aromatic carbocycles. The Balaban J connectivity index is 0.00000541. The smallest absolute Gasteiger partial charge is 0.726 e. The summed E-state index contributed by atoms with van der Waals surface area (Å²) >= 11 is 0. The second-order valence-electron chi connectivity index (χ2n) is 26.5. The molecule has 0 radical (unpaired) electrons. The Hall–Kier alpha value is 0.190. The van der Waals surface area contributed by atoms with Gasteiger partial charge in [0.25, 0.3) is 0 Å². The first-order valence-electron chi connectivity index (χ1n) is 29.1. The molecule has 0 amide bonds. The summed E-state index contributed by atoms with van der Waals surface area (Å²) in [6.07, 6.45) is -30.7. The molecule has 0 bridgehead atoms. The van der Waals surface area contributed by atoms with Gasteiger partial charge in [-0.2, -0.15) is 0 Å². The summed E-state index contributed by atoms with van der Waals surface area (Å²) in [5.41, 5.74) is -5.64. The third-order valence-electron chi connectivity index (χ3n) is 21.0. The number of ether oxygens (including phenoxy) is 10. The molecule has 33 heteroatoms. The zero-order chi connectivity index (χ0) is 62.7. The van der Waals surface area contributed by atoms with Crippen molar-refractivity contribution in [2.75, 3.05) is 26.9 Å². The molecule has 9 rings (SSSR count). The quantitative estimate of drug-likeness (QED) is 0.0189. The molecular formula is C54H86Na2O29S2. The van der Waals surface area contributed by atoms with Gasteiger partial charge >= 0.3 is 65.1 Å². The molecule has 1 spiro atoms. The Morgan fingerprint density at radius 3 is 1.93 bits per heavy atom. The molecule has 4 aliphatic carbocycles. The number of aliphatic hydroxyl groups excluding tert-OH is 9. The van der Waals surface area contributed by atoms with Gasteiger partial charge in [-0.25, -0.2) is 16.8 Å². The van der Waals surface area contributed by atoms with Gasteiger partial charge in [-0.05, 0) is 93.8 Å². The molecule has 8 fully saturated rings. The Morgan fingerprint density at radius 2 is 1.32 bits per heavy atom. The van der Waals surface area contributed by atoms with E-state index in [0.29, 0.717) is 38.0 Å². The third kappa shape index (κ3) is 13.2. The fraction of sp³-hybridized carbons (Fsp3) is 0.944. The fourth-order valence-electron chi connectivity index (χ4n) is 16.5. The molecule has 9 aliphatic rings. The van der Waals surface area contributed by atoms with Gasteiger partial charge in [0.15, 0.2) is 25.2 Å². The first-order chi connectivity index (χ1) is 39.4. The fourth-order valence-corrected chi connectivity index (χ4v) is 17.3. The predicted molar refractivity (Wildman–Crippen MR) is 280 cm³/mol. The van der Waals surface area contributed by atoms with Crippen LogP contribution in [-0.2, 0) is 81.3 Å². The monoisotopic (exact) mass is 1310 g/mol. The van der Waals surface area contributed by atoms with Gasteiger partial charge in [0, 0.05) is 12.5 Å². The van der Waals surface area contributed by atoms with Crippen molar-refractivity contribution < 1.29 is 197 Å². The van der Waals surface area contributed by atoms with E-state index in [1.54, 1.807) is 6.92 Å². The Labute approximate surface area is 550 Å². The molecule has 29 nitrogen and oxygen atoms in total. The van der Waals surface area contributed by atoms with Crippen molar-refractivity contribution in [3.63, 3.8) is 0 Å². The summed E-state index contributed by atoms with van der Waals surface area (Å²) < 4.78 is 138. The molecule has 5 aliphatic heterocycles. The minimum atomic E-state index is -5.48. The summed E-state index contributed by atoms with van der Waals surface area (Å²) in [6, 6.07) is 0. The molecule has 0 aromatic heterocycles. The molecule has 87 heavy (non-hydrogen) atoms. The topological polar surface area (TPSA) is 445 Å². The van der Waals surface area contributed by atoms with Crippen LogP contribution in [0.1, 0.15) is 113 Å². The normalized spacial score (nSPS) is 48.8. The standard InChI is InChI=1S/C54H88O29S2.2Na/c1-23(2)11-10-15-52(8)53(65)18-17-51(7)25-12-13-30-49(4,5)32(14-16-50(30,6)26(25)19-31(56)54(51,53)48(64)82-52)78-47-43(35(59)29(21-73-47)83-85(69,70)71)81-44-37(61)36(60)40(24(3)75-44)79-46-39(63)42(34(58)28(77-46)22-74-84(66,67)68)80-45-38(62)41(72-9)33(57)27(20-55)76-45;;/h12,23-24,26-47,55-63,65H,10-11,13-22H2,1-9H3,(H,66,67,68)(H,69,70,71);;/q;2*+1/p-2/t24-,26+,27-,28-,29-,30?,31+,32+,33-,34-,35+,36-,37-,38-,39-,40-,41+,42+,43-,44+,45+,46+,47+,50-,51+,52-,53+,54-;;/m1../s1. The molecule has 3 saturated carbocycles. The van der Waals surface area contributed by atoms with E-state index >= 15 is 0 Å². The maximum atomic E-state index is 14.5. The number of fused-ring (bicyclic) bond motifs is 4. The molecule has 28 atom stereocenters. The average molecular weight is 1310 g/mol. The van der Waals surface area contributed by atoms with Gasteiger partial charge in [-0.1, -0.05) is 59.6 Å². The van der Waals surface area contributed by atoms with Crippen LogP contribution >= 0.6 is 0 Å². The number of rotatable bonds is 19. The second kappa shape index (κ2) is 27.4. The first kappa shape index (κ1) is 74.6. The molecule has 5 saturated heterocycles. The summed E-state index contributed by atoms with van der Waals surface area (Å²) in [5.74, 6) is -0.580. The Kier molecular flexibility index (Phi) is 23.5. The van der Waals surface area contributed by atoms with Crippen molar-refractivity contribution >= 4 is 26.8 Å². The van der Waals surface area contributed by atoms with E-state index in [-0.39, 0.29) is 83.8 Å². The van der Waals surface area contributed by atoms with Crippen LogP contribution in [0.2, 0.25) is 0 Å². The zero-order valence-electron chi connectivity index (χ0n) is 51.0. The maximum Gasteiger partial charge on any atom is 1.00 e. The second-order valence-corrected chi connectivity index (χ2v) is 28.6. The largest absolute Gasteiger partial charge is 1.00 e. The van der Waals surface area contributed by atoms with Crippen LogP contribution in [0.25, 0.3) is 0 Å². The number of hydrogen-bond acceptors (Lipinski definition) is 29. The first-order valence-corrected chi connectivity index (χ1v) is 31.8. The van der Waals surface area contributed by atoms with Crippen molar-refractivity contribution in [3.8, 4) is 0 Å². The number of hydrogen-bond donors (Lipinski definition) is 10. The third-order valence-corrected chi connectivity index (χ3v) is 21.9. The molecule has 1 unspecified atom stereocenters. The van der Waals surface area contributed by atoms with Gasteiger partial charge in [-0.15, -0.1) is 0 Å². The minimum absolute atomic E-state index is 0. The molecule has 5 heterocycles. The number of esters is 1. The minimum Gasteiger partial charge on any atom is -0.726 e. The average Bonchev–Trinajstić information content (AvgIpc) is 1.52. The van der Waals surface area contributed by atoms with E-state index in [0.717, 1.165) is 25.5 Å². The molecule has 10 N–H and O–H groups in total. The van der Waals surface area contributed by atoms with Crippen molar-refractivity contribution in [3.05, 3.63) is 11.6 Å². The molecule has 490 valence electrons. The van der Waals surface area contributed by atoms with Crippen LogP contribution < -0.4 is 59.1 Å². The predicted octanol–water partition coefficient (Wildman–Crippen LogP) is -8.25. The van der Waals surface area contributed by atoms with Crippen LogP contribution in [0.5, 0.6) is 0 Å². The zero-order valence-corrected chi connectivity index (χ0v) is 56.6. The van der Waals surface area contributed by atoms with Crippen molar-refractivity contribution in [2.24, 2.45) is 39.4 Å². The summed E-state index contributed by atoms with van der Waals surface area (Å²) in [5, 5.41) is 115. The van der Waals surface area contributed by atoms with Gasteiger partial charge in [0.2, 0.25) is 20.8 Å². The number of aliphatic hydroxyl groups is 10. The van der Waals surface area contributed by atoms with Crippen LogP contribution in [0.3, 0.4) is 0 Å². The number of carbonyl (C=O) groups is 1. The van der Waals surface area contributed by atoms with E-state index in [1.165, 1.54) is 6.92 Å². The summed E-state index contributed by atoms with van der Waals surface area (Å²) in [4.78, 5) is 14.5. The van der Waals surface area contributed by atoms with Crippen molar-refractivity contribution in [2.45, 2.75) is 253 Å². The van der Waals surface area contributed by atoms with Crippen molar-refractivity contribution in [1.29, 1.82) is 0 Å². The van der Waals surface area contributed by atoms with Crippen LogP contribution in [0.15, 0.2) is 11.6 Å². The van der Waals surface area contributed by atoms with Crippen LogP contribution in [-0.4, -0.2) is 250 Å². The number of allylic oxidation sites excluding steroid dienone is 2. The molecular weight excluding hydrogens is 1220 g/mol. The van der Waals surface area contributed by atoms with E-state index < -0.39 is 208 Å². The number of carbonyl (C=O) groups excluding carboxylic acids is 1. The molecule has 0 aromatic rings. The Bertz CT molecular complexity index is 2660. The van der Waals surface area contributed by atoms with E-state index in [2.05, 4.69) is 35.2 Å². The van der Waals surface area contributed by atoms with Gasteiger partial charge < -0.3 is 108 Å². The number of cyclic esters (lactones) is 1. The van der Waals surface area contributed by atoms with Crippen LogP contribution in [0.4, 0.5) is 0 Å². The van der Waals surface area contributed by atoms with Crippen molar-refractivity contribution in [1.82, 2.24) is 0 Å². The van der Waals surface area contributed by atoms with Gasteiger partial charge in [-0.3, -0.25) is 13.2 Å². The Morgan fingerprint density at radius 1 is 0.724 bits per heavy atom. The van der Waals surface area contributed by atoms with Crippen LogP contribution in [0, 0.1) is 39.4 Å². The maximum absolute atomic E-state index is 14.5. The summed E-state index contributed by atoms with van der Waals surface area (Å²) in [6.45, 7) is 12.7. The van der Waals surface area contributed by atoms with Gasteiger partial charge in [0.05, 0.1) is 38.1 Å². The SMILES string of the molecule is CO[C@@H]1[C@@H](O)[C@H](O[C@@H]2[C@@H](O)[C@H](O[C@H]3[C@H](O)[C@@H](O)[C@H](O[C@H]4[C@H](O[C@H]5CC[C@@]6(C)C(CC=C7[C@@H]6C[C@H](O)[C@]68C(=O)O[C@](C)(CCCC(C)C)[C@@]6(O)CC[C@@]78C)C5(C)C)OC[C@@H](OS(=O)(=O)[O-])[C@@H]4O)O[C@@H]3C)O[C@H](COS(=O)(=O)[O-])[C@H]2O)O[C@H](CO)[C@H]1O.[Na+].[Na+]. The van der Waals surface area contributed by atoms with Gasteiger partial charge in [0.1, 0.15) is 102 Å². The van der Waals surface area contributed by atoms with E-state index in [9.17, 15) is 81.8 Å². The summed E-state index contributed by atoms with van der Waals surface area (Å²) in [7, 11) is -9.81. The van der Waals surface area contributed by atoms with E-state index in [4.69, 9.17) is 47.4 Å². The number of methoxy groups -OCH3 is 1. The van der Waals surface area contributed by atoms with E-state index in [1.807, 2.05) is 20.8 Å².